The Balaban J connectivity index is 4.21. The minimum atomic E-state index is -1.00. The fraction of sp³-hybridized carbons (Fsp3) is 0.800. The maximum absolute atomic E-state index is 11.9. The number of carbonyl (C=O) groups is 3. The van der Waals surface area contributed by atoms with Gasteiger partial charge in [-0.2, -0.15) is 0 Å². The number of methoxy groups -OCH3 is 1. The number of amides is 2. The summed E-state index contributed by atoms with van der Waals surface area (Å²) in [5, 5.41) is 14.3. The largest absolute Gasteiger partial charge is 0.481 e. The van der Waals surface area contributed by atoms with Crippen molar-refractivity contribution < 1.29 is 24.2 Å². The van der Waals surface area contributed by atoms with Gasteiger partial charge >= 0.3 is 5.97 Å². The van der Waals surface area contributed by atoms with Crippen LogP contribution in [0.2, 0.25) is 0 Å². The van der Waals surface area contributed by atoms with E-state index in [1.807, 2.05) is 20.8 Å². The van der Waals surface area contributed by atoms with Crippen LogP contribution in [0, 0.1) is 5.41 Å². The molecule has 0 spiro atoms. The highest BCUT2D eigenvalue weighted by atomic mass is 16.5. The van der Waals surface area contributed by atoms with Crippen LogP contribution in [-0.4, -0.2) is 48.7 Å². The van der Waals surface area contributed by atoms with E-state index in [0.29, 0.717) is 13.0 Å². The van der Waals surface area contributed by atoms with E-state index >= 15 is 0 Å². The highest BCUT2D eigenvalue weighted by Crippen LogP contribution is 2.13. The maximum Gasteiger partial charge on any atom is 0.305 e. The van der Waals surface area contributed by atoms with Gasteiger partial charge in [-0.3, -0.25) is 14.4 Å². The first-order valence-electron chi connectivity index (χ1n) is 7.30. The minimum absolute atomic E-state index is 0.0667. The highest BCUT2D eigenvalue weighted by Gasteiger charge is 2.29. The molecule has 0 unspecified atom stereocenters. The molecule has 0 aliphatic heterocycles. The topological polar surface area (TPSA) is 105 Å². The average molecular weight is 316 g/mol. The second-order valence-electron chi connectivity index (χ2n) is 6.72. The first-order valence-corrected chi connectivity index (χ1v) is 7.30. The van der Waals surface area contributed by atoms with Crippen molar-refractivity contribution in [1.29, 1.82) is 0 Å². The second kappa shape index (κ2) is 8.73. The van der Waals surface area contributed by atoms with Gasteiger partial charge < -0.3 is 20.5 Å². The zero-order valence-electron chi connectivity index (χ0n) is 14.1. The molecule has 0 aromatic carbocycles. The molecule has 0 saturated heterocycles. The van der Waals surface area contributed by atoms with Crippen molar-refractivity contribution in [2.45, 2.75) is 52.5 Å². The Morgan fingerprint density at radius 3 is 2.18 bits per heavy atom. The van der Waals surface area contributed by atoms with Crippen molar-refractivity contribution in [1.82, 2.24) is 10.6 Å². The third kappa shape index (κ3) is 8.61. The lowest BCUT2D eigenvalue weighted by molar-refractivity contribution is -0.139. The van der Waals surface area contributed by atoms with Gasteiger partial charge in [0.1, 0.15) is 0 Å². The maximum atomic E-state index is 11.9. The number of nitrogens with one attached hydrogen (secondary N) is 2. The molecule has 0 saturated carbocycles. The van der Waals surface area contributed by atoms with Crippen molar-refractivity contribution in [3.05, 3.63) is 0 Å². The molecule has 0 radical (unpaired) electrons. The van der Waals surface area contributed by atoms with Gasteiger partial charge in [-0.05, 0) is 13.3 Å². The van der Waals surface area contributed by atoms with E-state index in [4.69, 9.17) is 9.84 Å². The number of carboxylic acids is 1. The average Bonchev–Trinajstić information content (AvgIpc) is 2.31. The van der Waals surface area contributed by atoms with Gasteiger partial charge in [0.05, 0.1) is 18.6 Å². The number of rotatable bonds is 9. The van der Waals surface area contributed by atoms with Crippen LogP contribution in [0.4, 0.5) is 0 Å². The summed E-state index contributed by atoms with van der Waals surface area (Å²) in [5.41, 5.74) is -1.40. The predicted molar refractivity (Wildman–Crippen MR) is 82.4 cm³/mol. The third-order valence-corrected chi connectivity index (χ3v) is 2.99. The molecule has 0 aliphatic rings. The number of hydrogen-bond acceptors (Lipinski definition) is 4. The molecular formula is C15H28N2O5. The van der Waals surface area contributed by atoms with E-state index in [1.54, 1.807) is 6.92 Å². The van der Waals surface area contributed by atoms with Crippen molar-refractivity contribution >= 4 is 17.8 Å². The highest BCUT2D eigenvalue weighted by molar-refractivity contribution is 5.81. The smallest absolute Gasteiger partial charge is 0.305 e. The SMILES string of the molecule is COC[C@@](C)(CC(=O)O)NC(=O)CCCNC(=O)C(C)(C)C. The van der Waals surface area contributed by atoms with E-state index in [0.717, 1.165) is 0 Å². The Morgan fingerprint density at radius 1 is 1.14 bits per heavy atom. The standard InChI is InChI=1S/C15H28N2O5/c1-14(2,3)13(21)16-8-6-7-11(18)17-15(4,10-22-5)9-12(19)20/h6-10H2,1-5H3,(H,16,21)(H,17,18)(H,19,20)/t15-/m1/s1. The van der Waals surface area contributed by atoms with Crippen LogP contribution < -0.4 is 10.6 Å². The van der Waals surface area contributed by atoms with Crippen LogP contribution in [0.1, 0.15) is 47.0 Å². The molecule has 0 bridgehead atoms. The van der Waals surface area contributed by atoms with E-state index in [9.17, 15) is 14.4 Å². The van der Waals surface area contributed by atoms with Crippen LogP contribution in [0.5, 0.6) is 0 Å². The Hall–Kier alpha value is -1.63. The monoisotopic (exact) mass is 316 g/mol. The zero-order valence-corrected chi connectivity index (χ0v) is 14.1. The Bertz CT molecular complexity index is 403. The summed E-state index contributed by atoms with van der Waals surface area (Å²) in [5.74, 6) is -1.33. The van der Waals surface area contributed by atoms with E-state index in [-0.39, 0.29) is 31.3 Å². The minimum Gasteiger partial charge on any atom is -0.481 e. The Kier molecular flexibility index (Phi) is 8.08. The van der Waals surface area contributed by atoms with Gasteiger partial charge in [-0.15, -0.1) is 0 Å². The summed E-state index contributed by atoms with van der Waals surface area (Å²) >= 11 is 0. The predicted octanol–water partition coefficient (Wildman–Crippen LogP) is 0.925. The Morgan fingerprint density at radius 2 is 1.73 bits per heavy atom. The third-order valence-electron chi connectivity index (χ3n) is 2.99. The van der Waals surface area contributed by atoms with Gasteiger partial charge in [0.25, 0.3) is 0 Å². The fourth-order valence-corrected chi connectivity index (χ4v) is 1.90. The molecule has 7 heteroatoms. The van der Waals surface area contributed by atoms with Crippen LogP contribution in [0.25, 0.3) is 0 Å². The van der Waals surface area contributed by atoms with E-state index in [2.05, 4.69) is 10.6 Å². The quantitative estimate of drug-likeness (QED) is 0.549. The van der Waals surface area contributed by atoms with Crippen molar-refractivity contribution in [3.63, 3.8) is 0 Å². The van der Waals surface area contributed by atoms with Crippen LogP contribution in [0.3, 0.4) is 0 Å². The number of hydrogen-bond donors (Lipinski definition) is 3. The molecular weight excluding hydrogens is 288 g/mol. The molecule has 0 aromatic rings. The molecule has 128 valence electrons. The molecule has 2 amide bonds. The molecule has 0 heterocycles. The number of carboxylic acid groups (broad SMARTS) is 1. The number of carbonyl (C=O) groups excluding carboxylic acids is 2. The van der Waals surface area contributed by atoms with Gasteiger partial charge in [0, 0.05) is 25.5 Å². The normalized spacial score (nSPS) is 14.0. The van der Waals surface area contributed by atoms with Crippen molar-refractivity contribution in [2.24, 2.45) is 5.41 Å². The van der Waals surface area contributed by atoms with E-state index < -0.39 is 16.9 Å². The summed E-state index contributed by atoms with van der Waals surface area (Å²) in [6.45, 7) is 7.60. The summed E-state index contributed by atoms with van der Waals surface area (Å²) in [6.07, 6.45) is 0.487. The van der Waals surface area contributed by atoms with Crippen LogP contribution in [-0.2, 0) is 19.1 Å². The van der Waals surface area contributed by atoms with Gasteiger partial charge in [-0.1, -0.05) is 20.8 Å². The molecule has 0 aromatic heterocycles. The molecule has 0 aliphatic carbocycles. The van der Waals surface area contributed by atoms with Crippen LogP contribution >= 0.6 is 0 Å². The molecule has 0 fully saturated rings. The lowest BCUT2D eigenvalue weighted by atomic mass is 9.96. The van der Waals surface area contributed by atoms with Gasteiger partial charge in [-0.25, -0.2) is 0 Å². The zero-order chi connectivity index (χ0) is 17.4. The lowest BCUT2D eigenvalue weighted by Gasteiger charge is -2.28. The molecule has 3 N–H and O–H groups in total. The molecule has 1 atom stereocenters. The summed E-state index contributed by atoms with van der Waals surface area (Å²) < 4.78 is 4.97. The summed E-state index contributed by atoms with van der Waals surface area (Å²) in [7, 11) is 1.45. The number of aliphatic carboxylic acids is 1. The van der Waals surface area contributed by atoms with Gasteiger partial charge in [0.15, 0.2) is 0 Å². The Labute approximate surface area is 131 Å². The van der Waals surface area contributed by atoms with Crippen molar-refractivity contribution in [3.8, 4) is 0 Å². The molecule has 7 nitrogen and oxygen atoms in total. The first kappa shape index (κ1) is 20.4. The fourth-order valence-electron chi connectivity index (χ4n) is 1.90. The van der Waals surface area contributed by atoms with Gasteiger partial charge in [0.2, 0.25) is 11.8 Å². The summed E-state index contributed by atoms with van der Waals surface area (Å²) in [4.78, 5) is 34.4. The number of ether oxygens (including phenoxy) is 1. The summed E-state index contributed by atoms with van der Waals surface area (Å²) in [6, 6.07) is 0. The van der Waals surface area contributed by atoms with Crippen LogP contribution in [0.15, 0.2) is 0 Å². The van der Waals surface area contributed by atoms with E-state index in [1.165, 1.54) is 7.11 Å². The second-order valence-corrected chi connectivity index (χ2v) is 6.72. The van der Waals surface area contributed by atoms with Crippen molar-refractivity contribution in [2.75, 3.05) is 20.3 Å². The first-order chi connectivity index (χ1) is 10.00. The molecule has 22 heavy (non-hydrogen) atoms. The molecule has 0 rings (SSSR count). The lowest BCUT2D eigenvalue weighted by Crippen LogP contribution is -2.50.